The van der Waals surface area contributed by atoms with Crippen LogP contribution in [0.2, 0.25) is 0 Å². The molecule has 0 bridgehead atoms. The van der Waals surface area contributed by atoms with Crippen LogP contribution in [0.1, 0.15) is 23.7 Å². The normalized spacial score (nSPS) is 16.0. The van der Waals surface area contributed by atoms with E-state index in [9.17, 15) is 10.1 Å². The molecule has 0 aliphatic carbocycles. The number of piperazine rings is 1. The van der Waals surface area contributed by atoms with Crippen LogP contribution < -0.4 is 4.90 Å². The number of non-ortho nitro benzene ring substituents is 1. The molecule has 1 aromatic carbocycles. The maximum absolute atomic E-state index is 10.9. The summed E-state index contributed by atoms with van der Waals surface area (Å²) in [5.74, 6) is 1.49. The van der Waals surface area contributed by atoms with Crippen molar-refractivity contribution in [3.8, 4) is 11.4 Å². The van der Waals surface area contributed by atoms with Gasteiger partial charge in [-0.25, -0.2) is 15.0 Å². The van der Waals surface area contributed by atoms with E-state index in [1.54, 1.807) is 23.5 Å². The first-order valence-electron chi connectivity index (χ1n) is 9.50. The quantitative estimate of drug-likeness (QED) is 0.468. The molecule has 0 spiro atoms. The first kappa shape index (κ1) is 19.4. The van der Waals surface area contributed by atoms with Crippen LogP contribution in [0.15, 0.2) is 41.9 Å². The van der Waals surface area contributed by atoms with Crippen molar-refractivity contribution in [2.24, 2.45) is 0 Å². The number of nitro benzene ring substituents is 1. The molecule has 1 saturated heterocycles. The summed E-state index contributed by atoms with van der Waals surface area (Å²) >= 11 is 1.70. The predicted octanol–water partition coefficient (Wildman–Crippen LogP) is 3.70. The third-order valence-electron chi connectivity index (χ3n) is 5.17. The second-order valence-corrected chi connectivity index (χ2v) is 7.99. The van der Waals surface area contributed by atoms with Crippen LogP contribution in [0, 0.1) is 17.0 Å². The molecule has 3 heterocycles. The smallest absolute Gasteiger partial charge is 0.269 e. The maximum atomic E-state index is 10.9. The fourth-order valence-electron chi connectivity index (χ4n) is 3.51. The summed E-state index contributed by atoms with van der Waals surface area (Å²) < 4.78 is 0. The Morgan fingerprint density at radius 2 is 1.86 bits per heavy atom. The minimum atomic E-state index is -0.404. The van der Waals surface area contributed by atoms with Crippen LogP contribution in [0.3, 0.4) is 0 Å². The van der Waals surface area contributed by atoms with Gasteiger partial charge in [-0.05, 0) is 26.0 Å². The molecule has 1 unspecified atom stereocenters. The molecular formula is C20H22N6O2S. The molecule has 3 aromatic rings. The Kier molecular flexibility index (Phi) is 5.50. The van der Waals surface area contributed by atoms with Gasteiger partial charge in [-0.1, -0.05) is 0 Å². The molecule has 1 aliphatic heterocycles. The highest BCUT2D eigenvalue weighted by molar-refractivity contribution is 7.09. The van der Waals surface area contributed by atoms with E-state index in [0.717, 1.165) is 48.3 Å². The fourth-order valence-corrected chi connectivity index (χ4v) is 4.24. The Balaban J connectivity index is 1.49. The number of nitro groups is 1. The molecule has 0 N–H and O–H groups in total. The van der Waals surface area contributed by atoms with Gasteiger partial charge in [0.05, 0.1) is 11.0 Å². The maximum Gasteiger partial charge on any atom is 0.269 e. The summed E-state index contributed by atoms with van der Waals surface area (Å²) in [4.78, 5) is 28.9. The number of thiazole rings is 1. The summed E-state index contributed by atoms with van der Waals surface area (Å²) in [5, 5.41) is 14.0. The van der Waals surface area contributed by atoms with E-state index in [1.807, 2.05) is 24.6 Å². The number of nitrogens with zero attached hydrogens (tertiary/aromatic N) is 6. The summed E-state index contributed by atoms with van der Waals surface area (Å²) in [6, 6.07) is 8.68. The Hall–Kier alpha value is -2.91. The van der Waals surface area contributed by atoms with Gasteiger partial charge in [-0.3, -0.25) is 15.0 Å². The summed E-state index contributed by atoms with van der Waals surface area (Å²) in [5.41, 5.74) is 1.71. The molecule has 150 valence electrons. The van der Waals surface area contributed by atoms with Gasteiger partial charge in [0.25, 0.3) is 5.69 Å². The number of hydrogen-bond donors (Lipinski definition) is 0. The van der Waals surface area contributed by atoms with Crippen LogP contribution in [0.5, 0.6) is 0 Å². The van der Waals surface area contributed by atoms with E-state index in [0.29, 0.717) is 11.9 Å². The molecule has 8 nitrogen and oxygen atoms in total. The molecule has 9 heteroatoms. The van der Waals surface area contributed by atoms with E-state index in [4.69, 9.17) is 4.98 Å². The highest BCUT2D eigenvalue weighted by Gasteiger charge is 2.24. The second-order valence-electron chi connectivity index (χ2n) is 7.06. The largest absolute Gasteiger partial charge is 0.354 e. The number of benzene rings is 1. The molecule has 2 aromatic heterocycles. The Bertz CT molecular complexity index is 985. The van der Waals surface area contributed by atoms with Crippen molar-refractivity contribution in [2.75, 3.05) is 31.1 Å². The fraction of sp³-hybridized carbons (Fsp3) is 0.350. The van der Waals surface area contributed by atoms with Crippen molar-refractivity contribution in [1.29, 1.82) is 0 Å². The zero-order valence-electron chi connectivity index (χ0n) is 16.4. The average molecular weight is 411 g/mol. The van der Waals surface area contributed by atoms with Crippen LogP contribution in [0.25, 0.3) is 11.4 Å². The summed E-state index contributed by atoms with van der Waals surface area (Å²) in [7, 11) is 0. The van der Waals surface area contributed by atoms with Crippen LogP contribution in [0.4, 0.5) is 11.5 Å². The van der Waals surface area contributed by atoms with Crippen LogP contribution in [-0.2, 0) is 0 Å². The molecule has 1 atom stereocenters. The third kappa shape index (κ3) is 4.25. The standard InChI is InChI=1S/C20H22N6O2S/c1-14-13-18(23-19(22-14)16-3-5-17(6-4-16)26(27)28)25-10-8-24(9-11-25)15(2)20-21-7-12-29-20/h3-7,12-13,15H,8-11H2,1-2H3. The molecule has 1 aliphatic rings. The minimum Gasteiger partial charge on any atom is -0.354 e. The number of rotatable bonds is 5. The molecular weight excluding hydrogens is 388 g/mol. The van der Waals surface area contributed by atoms with Gasteiger partial charge in [0.2, 0.25) is 0 Å². The Labute approximate surface area is 173 Å². The average Bonchev–Trinajstić information content (AvgIpc) is 3.28. The molecule has 29 heavy (non-hydrogen) atoms. The summed E-state index contributed by atoms with van der Waals surface area (Å²) in [6.07, 6.45) is 1.86. The SMILES string of the molecule is Cc1cc(N2CCN(C(C)c3nccs3)CC2)nc(-c2ccc([N+](=O)[O-])cc2)n1. The lowest BCUT2D eigenvalue weighted by Crippen LogP contribution is -2.47. The van der Waals surface area contributed by atoms with Crippen molar-refractivity contribution >= 4 is 22.8 Å². The van der Waals surface area contributed by atoms with Gasteiger partial charge >= 0.3 is 0 Å². The highest BCUT2D eigenvalue weighted by Crippen LogP contribution is 2.26. The second kappa shape index (κ2) is 8.22. The molecule has 4 rings (SSSR count). The lowest BCUT2D eigenvalue weighted by atomic mass is 10.2. The van der Waals surface area contributed by atoms with E-state index < -0.39 is 4.92 Å². The van der Waals surface area contributed by atoms with Crippen LogP contribution >= 0.6 is 11.3 Å². The van der Waals surface area contributed by atoms with Crippen LogP contribution in [-0.4, -0.2) is 51.0 Å². The van der Waals surface area contributed by atoms with E-state index in [-0.39, 0.29) is 5.69 Å². The van der Waals surface area contributed by atoms with E-state index >= 15 is 0 Å². The lowest BCUT2D eigenvalue weighted by Gasteiger charge is -2.38. The van der Waals surface area contributed by atoms with Gasteiger partial charge < -0.3 is 4.90 Å². The predicted molar refractivity (Wildman–Crippen MR) is 113 cm³/mol. The topological polar surface area (TPSA) is 88.3 Å². The molecule has 0 saturated carbocycles. The Morgan fingerprint density at radius 1 is 1.14 bits per heavy atom. The zero-order valence-corrected chi connectivity index (χ0v) is 17.2. The van der Waals surface area contributed by atoms with Crippen molar-refractivity contribution in [2.45, 2.75) is 19.9 Å². The number of aryl methyl sites for hydroxylation is 1. The molecule has 1 fully saturated rings. The van der Waals surface area contributed by atoms with Gasteiger partial charge in [0.15, 0.2) is 5.82 Å². The zero-order chi connectivity index (χ0) is 20.4. The number of aromatic nitrogens is 3. The molecule has 0 amide bonds. The van der Waals surface area contributed by atoms with Crippen molar-refractivity contribution in [3.05, 3.63) is 62.7 Å². The lowest BCUT2D eigenvalue weighted by molar-refractivity contribution is -0.384. The van der Waals surface area contributed by atoms with Crippen molar-refractivity contribution < 1.29 is 4.92 Å². The number of anilines is 1. The van der Waals surface area contributed by atoms with E-state index in [2.05, 4.69) is 26.7 Å². The van der Waals surface area contributed by atoms with Gasteiger partial charge in [0.1, 0.15) is 10.8 Å². The minimum absolute atomic E-state index is 0.0621. The van der Waals surface area contributed by atoms with Crippen molar-refractivity contribution in [3.63, 3.8) is 0 Å². The first-order chi connectivity index (χ1) is 14.0. The summed E-state index contributed by atoms with van der Waals surface area (Å²) in [6.45, 7) is 7.79. The molecule has 0 radical (unpaired) electrons. The monoisotopic (exact) mass is 410 g/mol. The van der Waals surface area contributed by atoms with Gasteiger partial charge in [-0.2, -0.15) is 0 Å². The third-order valence-corrected chi connectivity index (χ3v) is 6.12. The number of hydrogen-bond acceptors (Lipinski definition) is 8. The van der Waals surface area contributed by atoms with Gasteiger partial charge in [-0.15, -0.1) is 11.3 Å². The first-order valence-corrected chi connectivity index (χ1v) is 10.4. The van der Waals surface area contributed by atoms with Gasteiger partial charge in [0, 0.05) is 67.2 Å². The Morgan fingerprint density at radius 3 is 2.48 bits per heavy atom. The van der Waals surface area contributed by atoms with Crippen molar-refractivity contribution in [1.82, 2.24) is 19.9 Å². The highest BCUT2D eigenvalue weighted by atomic mass is 32.1. The van der Waals surface area contributed by atoms with E-state index in [1.165, 1.54) is 12.1 Å².